The molecule has 0 heterocycles. The number of non-ortho nitro benzene ring substituents is 1. The van der Waals surface area contributed by atoms with Gasteiger partial charge < -0.3 is 5.32 Å². The summed E-state index contributed by atoms with van der Waals surface area (Å²) in [5, 5.41) is 24.3. The third kappa shape index (κ3) is 4.10. The maximum Gasteiger partial charge on any atom is 0.299 e. The highest BCUT2D eigenvalue weighted by molar-refractivity contribution is 9.10. The quantitative estimate of drug-likeness (QED) is 0.465. The molecule has 2 rings (SSSR count). The fourth-order valence-corrected chi connectivity index (χ4v) is 2.11. The first-order valence-electron chi connectivity index (χ1n) is 6.34. The predicted molar refractivity (Wildman–Crippen MR) is 86.7 cm³/mol. The van der Waals surface area contributed by atoms with Crippen LogP contribution in [-0.2, 0) is 0 Å². The van der Waals surface area contributed by atoms with E-state index in [1.165, 1.54) is 6.07 Å². The zero-order valence-electron chi connectivity index (χ0n) is 11.6. The Morgan fingerprint density at radius 1 is 1.04 bits per heavy atom. The lowest BCUT2D eigenvalue weighted by Gasteiger charge is -2.06. The Labute approximate surface area is 138 Å². The number of rotatable bonds is 6. The lowest BCUT2D eigenvalue weighted by atomic mass is 10.1. The van der Waals surface area contributed by atoms with Crippen LogP contribution in [0.4, 0.5) is 17.1 Å². The van der Waals surface area contributed by atoms with Gasteiger partial charge in [0.05, 0.1) is 22.5 Å². The zero-order valence-corrected chi connectivity index (χ0v) is 13.1. The third-order valence-corrected chi connectivity index (χ3v) is 3.52. The summed E-state index contributed by atoms with van der Waals surface area (Å²) in [6, 6.07) is 9.87. The van der Waals surface area contributed by atoms with E-state index in [0.717, 1.165) is 16.6 Å². The third-order valence-electron chi connectivity index (χ3n) is 2.99. The molecule has 0 aliphatic rings. The van der Waals surface area contributed by atoms with Gasteiger partial charge in [-0.25, -0.2) is 0 Å². The minimum Gasteiger partial charge on any atom is -0.372 e. The minimum atomic E-state index is -0.737. The van der Waals surface area contributed by atoms with Crippen LogP contribution >= 0.6 is 15.9 Å². The first kappa shape index (κ1) is 16.6. The molecule has 0 bridgehead atoms. The molecular formula is C14H10BrN3O5. The first-order valence-corrected chi connectivity index (χ1v) is 7.13. The molecule has 0 aromatic heterocycles. The molecule has 0 saturated carbocycles. The van der Waals surface area contributed by atoms with Gasteiger partial charge in [0.1, 0.15) is 5.69 Å². The van der Waals surface area contributed by atoms with Crippen LogP contribution in [-0.4, -0.2) is 22.2 Å². The average molecular weight is 380 g/mol. The number of nitro groups is 2. The van der Waals surface area contributed by atoms with E-state index in [4.69, 9.17) is 0 Å². The van der Waals surface area contributed by atoms with Crippen LogP contribution in [0.2, 0.25) is 0 Å². The van der Waals surface area contributed by atoms with Crippen molar-refractivity contribution in [2.75, 3.05) is 11.9 Å². The summed E-state index contributed by atoms with van der Waals surface area (Å²) in [6.07, 6.45) is 0. The van der Waals surface area contributed by atoms with E-state index in [2.05, 4.69) is 21.2 Å². The highest BCUT2D eigenvalue weighted by Crippen LogP contribution is 2.28. The van der Waals surface area contributed by atoms with Gasteiger partial charge >= 0.3 is 0 Å². The lowest BCUT2D eigenvalue weighted by molar-refractivity contribution is -0.393. The first-order chi connectivity index (χ1) is 10.9. The molecule has 0 aliphatic carbocycles. The normalized spacial score (nSPS) is 10.1. The van der Waals surface area contributed by atoms with Crippen LogP contribution < -0.4 is 5.32 Å². The number of hydrogen-bond acceptors (Lipinski definition) is 6. The number of Topliss-reactive ketones (excluding diaryl/α,β-unsaturated/α-hetero) is 1. The monoisotopic (exact) mass is 379 g/mol. The van der Waals surface area contributed by atoms with E-state index in [0.29, 0.717) is 5.56 Å². The van der Waals surface area contributed by atoms with Crippen molar-refractivity contribution in [1.82, 2.24) is 0 Å². The summed E-state index contributed by atoms with van der Waals surface area (Å²) in [7, 11) is 0. The molecule has 0 spiro atoms. The molecule has 0 radical (unpaired) electrons. The van der Waals surface area contributed by atoms with Crippen LogP contribution in [0.15, 0.2) is 46.9 Å². The second kappa shape index (κ2) is 6.97. The Kier molecular flexibility index (Phi) is 5.02. The van der Waals surface area contributed by atoms with Crippen molar-refractivity contribution in [3.05, 3.63) is 72.7 Å². The number of anilines is 1. The van der Waals surface area contributed by atoms with Gasteiger partial charge in [0.15, 0.2) is 5.78 Å². The lowest BCUT2D eigenvalue weighted by Crippen LogP contribution is -2.14. The Bertz CT molecular complexity index is 776. The largest absolute Gasteiger partial charge is 0.372 e. The summed E-state index contributed by atoms with van der Waals surface area (Å²) in [5.74, 6) is -0.259. The number of nitrogens with one attached hydrogen (secondary N) is 1. The summed E-state index contributed by atoms with van der Waals surface area (Å²) in [5.41, 5.74) is -0.347. The number of halogens is 1. The molecule has 0 saturated heterocycles. The van der Waals surface area contributed by atoms with Gasteiger partial charge in [-0.05, 0) is 18.2 Å². The fraction of sp³-hybridized carbons (Fsp3) is 0.0714. The summed E-state index contributed by atoms with van der Waals surface area (Å²) in [4.78, 5) is 32.2. The van der Waals surface area contributed by atoms with E-state index in [9.17, 15) is 25.0 Å². The van der Waals surface area contributed by atoms with Gasteiger partial charge in [-0.15, -0.1) is 0 Å². The smallest absolute Gasteiger partial charge is 0.299 e. The number of carbonyl (C=O) groups excluding carboxylic acids is 1. The molecule has 8 nitrogen and oxygen atoms in total. The molecule has 9 heteroatoms. The van der Waals surface area contributed by atoms with Gasteiger partial charge in [-0.1, -0.05) is 28.1 Å². The Morgan fingerprint density at radius 2 is 1.70 bits per heavy atom. The van der Waals surface area contributed by atoms with Gasteiger partial charge in [-0.2, -0.15) is 0 Å². The number of nitrogens with zero attached hydrogens (tertiary/aromatic N) is 2. The molecule has 118 valence electrons. The van der Waals surface area contributed by atoms with Crippen LogP contribution in [0.3, 0.4) is 0 Å². The summed E-state index contributed by atoms with van der Waals surface area (Å²) in [6.45, 7) is -0.166. The molecule has 0 amide bonds. The number of benzene rings is 2. The fourth-order valence-electron chi connectivity index (χ4n) is 1.85. The van der Waals surface area contributed by atoms with Crippen molar-refractivity contribution >= 4 is 38.8 Å². The maximum atomic E-state index is 12.0. The van der Waals surface area contributed by atoms with Crippen LogP contribution in [0.1, 0.15) is 10.4 Å². The van der Waals surface area contributed by atoms with Crippen LogP contribution in [0, 0.1) is 20.2 Å². The van der Waals surface area contributed by atoms with Gasteiger partial charge in [0.2, 0.25) is 0 Å². The second-order valence-electron chi connectivity index (χ2n) is 4.50. The molecule has 23 heavy (non-hydrogen) atoms. The minimum absolute atomic E-state index is 0.0473. The molecule has 0 fully saturated rings. The van der Waals surface area contributed by atoms with Crippen molar-refractivity contribution in [3.63, 3.8) is 0 Å². The molecular weight excluding hydrogens is 370 g/mol. The maximum absolute atomic E-state index is 12.0. The zero-order chi connectivity index (χ0) is 17.0. The summed E-state index contributed by atoms with van der Waals surface area (Å²) >= 11 is 3.26. The van der Waals surface area contributed by atoms with Crippen LogP contribution in [0.25, 0.3) is 0 Å². The predicted octanol–water partition coefficient (Wildman–Crippen LogP) is 3.56. The van der Waals surface area contributed by atoms with Crippen molar-refractivity contribution in [2.24, 2.45) is 0 Å². The van der Waals surface area contributed by atoms with E-state index >= 15 is 0 Å². The molecule has 0 aliphatic heterocycles. The molecule has 2 aromatic rings. The molecule has 2 aromatic carbocycles. The van der Waals surface area contributed by atoms with E-state index < -0.39 is 15.5 Å². The SMILES string of the molecule is O=C(CNc1ccc([N+](=O)[O-])cc1[N+](=O)[O-])c1ccc(Br)cc1. The van der Waals surface area contributed by atoms with Crippen molar-refractivity contribution in [2.45, 2.75) is 0 Å². The second-order valence-corrected chi connectivity index (χ2v) is 5.41. The number of carbonyl (C=O) groups is 1. The Morgan fingerprint density at radius 3 is 2.26 bits per heavy atom. The number of nitro benzene ring substituents is 2. The highest BCUT2D eigenvalue weighted by Gasteiger charge is 2.19. The number of hydrogen-bond donors (Lipinski definition) is 1. The number of ketones is 1. The summed E-state index contributed by atoms with van der Waals surface area (Å²) < 4.78 is 0.827. The van der Waals surface area contributed by atoms with Gasteiger partial charge in [0, 0.05) is 16.1 Å². The van der Waals surface area contributed by atoms with E-state index in [1.54, 1.807) is 24.3 Å². The Balaban J connectivity index is 2.16. The molecule has 0 atom stereocenters. The van der Waals surface area contributed by atoms with E-state index in [-0.39, 0.29) is 23.7 Å². The van der Waals surface area contributed by atoms with Crippen molar-refractivity contribution in [3.8, 4) is 0 Å². The molecule has 1 N–H and O–H groups in total. The Hall–Kier alpha value is -2.81. The van der Waals surface area contributed by atoms with Gasteiger partial charge in [0.25, 0.3) is 11.4 Å². The van der Waals surface area contributed by atoms with Gasteiger partial charge in [-0.3, -0.25) is 25.0 Å². The topological polar surface area (TPSA) is 115 Å². The van der Waals surface area contributed by atoms with Crippen molar-refractivity contribution < 1.29 is 14.6 Å². The standard InChI is InChI=1S/C14H10BrN3O5/c15-10-3-1-9(2-4-10)14(19)8-16-12-6-5-11(17(20)21)7-13(12)18(22)23/h1-7,16H,8H2. The van der Waals surface area contributed by atoms with E-state index in [1.807, 2.05) is 0 Å². The van der Waals surface area contributed by atoms with Crippen LogP contribution in [0.5, 0.6) is 0 Å². The average Bonchev–Trinajstić information content (AvgIpc) is 2.52. The highest BCUT2D eigenvalue weighted by atomic mass is 79.9. The molecule has 0 unspecified atom stereocenters. The van der Waals surface area contributed by atoms with Crippen molar-refractivity contribution in [1.29, 1.82) is 0 Å².